The van der Waals surface area contributed by atoms with Gasteiger partial charge < -0.3 is 0 Å². The molecule has 0 spiro atoms. The summed E-state index contributed by atoms with van der Waals surface area (Å²) < 4.78 is 0.111. The van der Waals surface area contributed by atoms with Crippen molar-refractivity contribution >= 4 is 23.2 Å². The summed E-state index contributed by atoms with van der Waals surface area (Å²) in [5.41, 5.74) is 0. The molecule has 0 aliphatic heterocycles. The van der Waals surface area contributed by atoms with Gasteiger partial charge >= 0.3 is 0 Å². The summed E-state index contributed by atoms with van der Waals surface area (Å²) in [6.45, 7) is 6.20. The molecule has 0 N–H and O–H groups in total. The fourth-order valence-corrected chi connectivity index (χ4v) is 0. The van der Waals surface area contributed by atoms with E-state index in [0.29, 0.717) is 0 Å². The van der Waals surface area contributed by atoms with Gasteiger partial charge in [0.05, 0.1) is 10.6 Å². The van der Waals surface area contributed by atoms with Crippen molar-refractivity contribution < 1.29 is 0 Å². The van der Waals surface area contributed by atoms with Crippen LogP contribution in [0.4, 0.5) is 0 Å². The van der Waals surface area contributed by atoms with E-state index in [1.165, 1.54) is 6.08 Å². The van der Waals surface area contributed by atoms with E-state index < -0.39 is 0 Å². The Morgan fingerprint density at radius 2 is 1.75 bits per heavy atom. The fourth-order valence-electron chi connectivity index (χ4n) is 0. The van der Waals surface area contributed by atoms with E-state index in [2.05, 4.69) is 13.2 Å². The summed E-state index contributed by atoms with van der Waals surface area (Å²) >= 11 is 9.69. The number of nitriles is 1. The van der Waals surface area contributed by atoms with Crippen LogP contribution in [-0.2, 0) is 0 Å². The Hall–Kier alpha value is -0.450. The number of rotatable bonds is 0. The third-order valence-electron chi connectivity index (χ3n) is 0.0913. The van der Waals surface area contributed by atoms with Gasteiger partial charge in [-0.2, -0.15) is 5.26 Å². The predicted molar refractivity (Wildman–Crippen MR) is 36.7 cm³/mol. The molecule has 44 valence electrons. The van der Waals surface area contributed by atoms with Crippen LogP contribution in [0.5, 0.6) is 0 Å². The van der Waals surface area contributed by atoms with E-state index in [-0.39, 0.29) is 4.49 Å². The summed E-state index contributed by atoms with van der Waals surface area (Å²) in [5, 5.41) is 7.51. The third kappa shape index (κ3) is 380. The first-order chi connectivity index (χ1) is 3.65. The van der Waals surface area contributed by atoms with Crippen LogP contribution in [0.2, 0.25) is 0 Å². The van der Waals surface area contributed by atoms with Crippen molar-refractivity contribution in [2.75, 3.05) is 0 Å². The summed E-state index contributed by atoms with van der Waals surface area (Å²) in [6.07, 6.45) is 1.18. The molecule has 0 amide bonds. The van der Waals surface area contributed by atoms with Gasteiger partial charge in [-0.3, -0.25) is 0 Å². The zero-order valence-corrected chi connectivity index (χ0v) is 5.71. The number of halogens is 2. The second-order valence-corrected chi connectivity index (χ2v) is 1.78. The Balaban J connectivity index is 0. The van der Waals surface area contributed by atoms with Crippen LogP contribution in [0.3, 0.4) is 0 Å². The van der Waals surface area contributed by atoms with Crippen LogP contribution in [0.1, 0.15) is 0 Å². The van der Waals surface area contributed by atoms with Gasteiger partial charge in [0.15, 0.2) is 0 Å². The monoisotopic (exact) mass is 149 g/mol. The van der Waals surface area contributed by atoms with E-state index in [9.17, 15) is 0 Å². The molecule has 0 unspecified atom stereocenters. The quantitative estimate of drug-likeness (QED) is 0.487. The standard InChI is InChI=1S/C3H3N.C2H2Cl2/c1-2-3-4;1-2(3)4/h2H,1H2;1H2. The highest BCUT2D eigenvalue weighted by molar-refractivity contribution is 6.55. The lowest BCUT2D eigenvalue weighted by Gasteiger charge is -1.57. The van der Waals surface area contributed by atoms with Crippen LogP contribution in [-0.4, -0.2) is 0 Å². The topological polar surface area (TPSA) is 23.8 Å². The summed E-state index contributed by atoms with van der Waals surface area (Å²) in [6, 6.07) is 1.69. The Morgan fingerprint density at radius 1 is 1.62 bits per heavy atom. The Labute approximate surface area is 58.8 Å². The van der Waals surface area contributed by atoms with Crippen molar-refractivity contribution in [3.63, 3.8) is 0 Å². The summed E-state index contributed by atoms with van der Waals surface area (Å²) in [4.78, 5) is 0. The van der Waals surface area contributed by atoms with Crippen LogP contribution >= 0.6 is 23.2 Å². The second kappa shape index (κ2) is 9.75. The predicted octanol–water partition coefficient (Wildman–Crippen LogP) is 2.63. The molecule has 8 heavy (non-hydrogen) atoms. The van der Waals surface area contributed by atoms with Crippen molar-refractivity contribution in [2.24, 2.45) is 0 Å². The molecule has 0 aromatic carbocycles. The molecule has 1 nitrogen and oxygen atoms in total. The molecule has 0 aromatic heterocycles. The Morgan fingerprint density at radius 3 is 1.75 bits per heavy atom. The van der Waals surface area contributed by atoms with Gasteiger partial charge in [0, 0.05) is 6.08 Å². The number of allylic oxidation sites excluding steroid dienone is 1. The normalized spacial score (nSPS) is 5.12. The molecular formula is C5H5Cl2N. The maximum absolute atomic E-state index is 7.51. The van der Waals surface area contributed by atoms with Gasteiger partial charge in [-0.1, -0.05) is 36.4 Å². The molecular weight excluding hydrogens is 145 g/mol. The molecule has 0 fully saturated rings. The zero-order valence-electron chi connectivity index (χ0n) is 4.19. The molecule has 0 bridgehead atoms. The Bertz CT molecular complexity index is 108. The SMILES string of the molecule is C=C(Cl)Cl.C=CC#N. The molecule has 0 saturated heterocycles. The first-order valence-corrected chi connectivity index (χ1v) is 2.41. The first kappa shape index (κ1) is 10.5. The van der Waals surface area contributed by atoms with Crippen LogP contribution in [0, 0.1) is 11.3 Å². The molecule has 3 heteroatoms. The fraction of sp³-hybridized carbons (Fsp3) is 0. The highest BCUT2D eigenvalue weighted by atomic mass is 35.5. The van der Waals surface area contributed by atoms with Gasteiger partial charge in [0.1, 0.15) is 0 Å². The highest BCUT2D eigenvalue weighted by Crippen LogP contribution is 1.98. The van der Waals surface area contributed by atoms with Crippen molar-refractivity contribution in [1.82, 2.24) is 0 Å². The van der Waals surface area contributed by atoms with Gasteiger partial charge in [0.25, 0.3) is 0 Å². The third-order valence-corrected chi connectivity index (χ3v) is 0.0913. The highest BCUT2D eigenvalue weighted by Gasteiger charge is 1.60. The number of hydrogen-bond acceptors (Lipinski definition) is 1. The zero-order chi connectivity index (χ0) is 6.99. The van der Waals surface area contributed by atoms with Gasteiger partial charge in [-0.15, -0.1) is 0 Å². The van der Waals surface area contributed by atoms with Crippen molar-refractivity contribution in [2.45, 2.75) is 0 Å². The Kier molecular flexibility index (Phi) is 12.8. The van der Waals surface area contributed by atoms with Gasteiger partial charge in [-0.05, 0) is 0 Å². The molecule has 0 aliphatic rings. The van der Waals surface area contributed by atoms with E-state index in [1.807, 2.05) is 0 Å². The second-order valence-electron chi connectivity index (χ2n) is 0.672. The molecule has 0 aliphatic carbocycles. The molecule has 0 saturated carbocycles. The van der Waals surface area contributed by atoms with Gasteiger partial charge in [-0.25, -0.2) is 0 Å². The molecule has 0 aromatic rings. The minimum absolute atomic E-state index is 0.111. The maximum Gasteiger partial charge on any atom is 0.0992 e. The van der Waals surface area contributed by atoms with E-state index in [1.54, 1.807) is 6.07 Å². The molecule has 0 atom stereocenters. The average Bonchev–Trinajstić information content (AvgIpc) is 1.65. The minimum Gasteiger partial charge on any atom is -0.193 e. The lowest BCUT2D eigenvalue weighted by molar-refractivity contribution is 1.54. The minimum atomic E-state index is 0.111. The summed E-state index contributed by atoms with van der Waals surface area (Å²) in [5.74, 6) is 0. The molecule has 0 heterocycles. The average molecular weight is 150 g/mol. The van der Waals surface area contributed by atoms with Crippen LogP contribution in [0.25, 0.3) is 0 Å². The van der Waals surface area contributed by atoms with Crippen molar-refractivity contribution in [3.05, 3.63) is 23.7 Å². The first-order valence-electron chi connectivity index (χ1n) is 1.65. The van der Waals surface area contributed by atoms with E-state index in [4.69, 9.17) is 28.5 Å². The molecule has 0 rings (SSSR count). The maximum atomic E-state index is 7.51. The van der Waals surface area contributed by atoms with E-state index >= 15 is 0 Å². The lowest BCUT2D eigenvalue weighted by atomic mass is 10.8. The lowest BCUT2D eigenvalue weighted by Crippen LogP contribution is -1.24. The number of nitrogens with zero attached hydrogens (tertiary/aromatic N) is 1. The smallest absolute Gasteiger partial charge is 0.0992 e. The van der Waals surface area contributed by atoms with Crippen molar-refractivity contribution in [1.29, 1.82) is 5.26 Å². The number of hydrogen-bond donors (Lipinski definition) is 0. The largest absolute Gasteiger partial charge is 0.193 e. The van der Waals surface area contributed by atoms with Gasteiger partial charge in [0.2, 0.25) is 0 Å². The van der Waals surface area contributed by atoms with Crippen LogP contribution < -0.4 is 0 Å². The van der Waals surface area contributed by atoms with Crippen LogP contribution in [0.15, 0.2) is 23.7 Å². The van der Waals surface area contributed by atoms with E-state index in [0.717, 1.165) is 0 Å². The molecule has 0 radical (unpaired) electrons. The van der Waals surface area contributed by atoms with Crippen molar-refractivity contribution in [3.8, 4) is 6.07 Å². The summed E-state index contributed by atoms with van der Waals surface area (Å²) in [7, 11) is 0.